The minimum atomic E-state index is -0.346. The first-order chi connectivity index (χ1) is 9.41. The Morgan fingerprint density at radius 3 is 1.55 bits per heavy atom. The van der Waals surface area contributed by atoms with Crippen molar-refractivity contribution in [2.45, 2.75) is 78.1 Å². The zero-order valence-electron chi connectivity index (χ0n) is 13.6. The second-order valence-corrected chi connectivity index (χ2v) is 8.42. The molecule has 0 radical (unpaired) electrons. The van der Waals surface area contributed by atoms with Gasteiger partial charge in [0.05, 0.1) is 0 Å². The van der Waals surface area contributed by atoms with Gasteiger partial charge in [-0.3, -0.25) is 0 Å². The summed E-state index contributed by atoms with van der Waals surface area (Å²) in [6.45, 7) is 4.52. The predicted octanol–water partition coefficient (Wildman–Crippen LogP) is 4.76. The second kappa shape index (κ2) is 21.9. The van der Waals surface area contributed by atoms with Crippen LogP contribution in [0, 0.1) is 0 Å². The van der Waals surface area contributed by atoms with Crippen LogP contribution in [0.2, 0.25) is 0 Å². The first kappa shape index (κ1) is 22.9. The van der Waals surface area contributed by atoms with Crippen LogP contribution < -0.4 is 0 Å². The SMILES string of the molecule is CCCCCCC=C[SiH2]O[SiH2]C=CCCCCCC.I. The molecular formula is C16H35IOSi2. The lowest BCUT2D eigenvalue weighted by molar-refractivity contribution is 0.657. The summed E-state index contributed by atoms with van der Waals surface area (Å²) in [6, 6.07) is 0. The molecule has 0 amide bonds. The second-order valence-electron chi connectivity index (χ2n) is 5.18. The summed E-state index contributed by atoms with van der Waals surface area (Å²) in [6.07, 6.45) is 18.1. The van der Waals surface area contributed by atoms with Crippen molar-refractivity contribution >= 4 is 43.5 Å². The molecule has 0 heterocycles. The van der Waals surface area contributed by atoms with Crippen molar-refractivity contribution in [1.82, 2.24) is 0 Å². The minimum Gasteiger partial charge on any atom is -0.459 e. The Bertz CT molecular complexity index is 199. The molecule has 0 atom stereocenters. The fourth-order valence-corrected chi connectivity index (χ4v) is 4.33. The molecule has 0 aromatic heterocycles. The fourth-order valence-electron chi connectivity index (χ4n) is 1.95. The molecule has 20 heavy (non-hydrogen) atoms. The molecule has 0 aromatic rings. The molecule has 1 nitrogen and oxygen atoms in total. The zero-order chi connectivity index (χ0) is 14.0. The van der Waals surface area contributed by atoms with Crippen molar-refractivity contribution in [1.29, 1.82) is 0 Å². The van der Waals surface area contributed by atoms with E-state index in [9.17, 15) is 0 Å². The smallest absolute Gasteiger partial charge is 0.170 e. The van der Waals surface area contributed by atoms with E-state index in [0.717, 1.165) is 0 Å². The maximum absolute atomic E-state index is 5.79. The summed E-state index contributed by atoms with van der Waals surface area (Å²) in [4.78, 5) is 0. The Morgan fingerprint density at radius 2 is 1.15 bits per heavy atom. The van der Waals surface area contributed by atoms with Crippen LogP contribution in [-0.4, -0.2) is 19.5 Å². The summed E-state index contributed by atoms with van der Waals surface area (Å²) in [5.74, 6) is 0. The van der Waals surface area contributed by atoms with Crippen molar-refractivity contribution in [2.75, 3.05) is 0 Å². The normalized spacial score (nSPS) is 12.5. The number of hydrogen-bond acceptors (Lipinski definition) is 1. The van der Waals surface area contributed by atoms with E-state index in [1.54, 1.807) is 0 Å². The van der Waals surface area contributed by atoms with Crippen molar-refractivity contribution in [2.24, 2.45) is 0 Å². The van der Waals surface area contributed by atoms with E-state index in [1.807, 2.05) is 0 Å². The molecule has 0 saturated carbocycles. The lowest BCUT2D eigenvalue weighted by atomic mass is 10.2. The number of hydrogen-bond donors (Lipinski definition) is 0. The van der Waals surface area contributed by atoms with Crippen LogP contribution in [0.4, 0.5) is 0 Å². The van der Waals surface area contributed by atoms with Gasteiger partial charge in [0.1, 0.15) is 0 Å². The Balaban J connectivity index is 0. The lowest BCUT2D eigenvalue weighted by Crippen LogP contribution is -1.98. The average molecular weight is 427 g/mol. The van der Waals surface area contributed by atoms with Crippen molar-refractivity contribution < 1.29 is 4.12 Å². The van der Waals surface area contributed by atoms with Gasteiger partial charge in [-0.1, -0.05) is 75.9 Å². The summed E-state index contributed by atoms with van der Waals surface area (Å²) in [5.41, 5.74) is 4.65. The first-order valence-corrected chi connectivity index (χ1v) is 11.1. The summed E-state index contributed by atoms with van der Waals surface area (Å²) in [7, 11) is -0.692. The van der Waals surface area contributed by atoms with E-state index in [2.05, 4.69) is 37.4 Å². The molecule has 0 aromatic carbocycles. The summed E-state index contributed by atoms with van der Waals surface area (Å²) in [5, 5.41) is 0. The summed E-state index contributed by atoms with van der Waals surface area (Å²) >= 11 is 0. The average Bonchev–Trinajstić information content (AvgIpc) is 2.43. The third-order valence-corrected chi connectivity index (χ3v) is 6.15. The van der Waals surface area contributed by atoms with Gasteiger partial charge >= 0.3 is 0 Å². The molecule has 0 fully saturated rings. The molecule has 0 aliphatic rings. The molecule has 0 unspecified atom stereocenters. The highest BCUT2D eigenvalue weighted by Gasteiger charge is 1.86. The highest BCUT2D eigenvalue weighted by molar-refractivity contribution is 14.0. The van der Waals surface area contributed by atoms with E-state index in [4.69, 9.17) is 4.12 Å². The maximum Gasteiger partial charge on any atom is 0.170 e. The Labute approximate surface area is 148 Å². The molecule has 0 saturated heterocycles. The maximum atomic E-state index is 5.79. The predicted molar refractivity (Wildman–Crippen MR) is 109 cm³/mol. The monoisotopic (exact) mass is 426 g/mol. The number of unbranched alkanes of at least 4 members (excludes halogenated alkanes) is 8. The van der Waals surface area contributed by atoms with E-state index in [1.165, 1.54) is 64.2 Å². The molecule has 0 rings (SSSR count). The van der Waals surface area contributed by atoms with Gasteiger partial charge in [0.2, 0.25) is 0 Å². The van der Waals surface area contributed by atoms with Gasteiger partial charge in [0.15, 0.2) is 19.5 Å². The minimum absolute atomic E-state index is 0. The van der Waals surface area contributed by atoms with Gasteiger partial charge in [-0.05, 0) is 25.7 Å². The van der Waals surface area contributed by atoms with Crippen molar-refractivity contribution in [3.63, 3.8) is 0 Å². The number of halogens is 1. The van der Waals surface area contributed by atoms with Crippen LogP contribution in [0.1, 0.15) is 78.1 Å². The van der Waals surface area contributed by atoms with E-state index in [0.29, 0.717) is 0 Å². The van der Waals surface area contributed by atoms with Crippen LogP contribution in [-0.2, 0) is 4.12 Å². The van der Waals surface area contributed by atoms with Crippen LogP contribution in [0.5, 0.6) is 0 Å². The largest absolute Gasteiger partial charge is 0.459 e. The van der Waals surface area contributed by atoms with Crippen LogP contribution in [0.3, 0.4) is 0 Å². The van der Waals surface area contributed by atoms with Gasteiger partial charge in [-0.25, -0.2) is 0 Å². The zero-order valence-corrected chi connectivity index (χ0v) is 18.8. The molecule has 120 valence electrons. The quantitative estimate of drug-likeness (QED) is 0.221. The third kappa shape index (κ3) is 20.9. The van der Waals surface area contributed by atoms with Crippen molar-refractivity contribution in [3.8, 4) is 0 Å². The molecule has 4 heteroatoms. The fraction of sp³-hybridized carbons (Fsp3) is 0.750. The van der Waals surface area contributed by atoms with Gasteiger partial charge in [0, 0.05) is 0 Å². The van der Waals surface area contributed by atoms with E-state index < -0.39 is 0 Å². The molecular weight excluding hydrogens is 391 g/mol. The Hall–Kier alpha value is 0.604. The number of allylic oxidation sites excluding steroid dienone is 2. The standard InChI is InChI=1S/C16H34OSi2.HI/c1-3-5-7-9-11-13-15-18-17-19-16-14-12-10-8-6-4-2;/h13-16H,3-12,18-19H2,1-2H3;1H. The molecule has 0 aliphatic carbocycles. The van der Waals surface area contributed by atoms with Crippen LogP contribution >= 0.6 is 24.0 Å². The van der Waals surface area contributed by atoms with Gasteiger partial charge in [-0.15, -0.1) is 24.0 Å². The van der Waals surface area contributed by atoms with E-state index >= 15 is 0 Å². The van der Waals surface area contributed by atoms with Crippen molar-refractivity contribution in [3.05, 3.63) is 23.6 Å². The topological polar surface area (TPSA) is 9.23 Å². The third-order valence-electron chi connectivity index (χ3n) is 3.21. The first-order valence-electron chi connectivity index (χ1n) is 8.29. The Kier molecular flexibility index (Phi) is 25.0. The van der Waals surface area contributed by atoms with Crippen LogP contribution in [0.15, 0.2) is 23.6 Å². The molecule has 0 aliphatic heterocycles. The lowest BCUT2D eigenvalue weighted by Gasteiger charge is -1.96. The van der Waals surface area contributed by atoms with Gasteiger partial charge < -0.3 is 4.12 Å². The Morgan fingerprint density at radius 1 is 0.700 bits per heavy atom. The molecule has 0 spiro atoms. The highest BCUT2D eigenvalue weighted by atomic mass is 127. The van der Waals surface area contributed by atoms with E-state index in [-0.39, 0.29) is 43.5 Å². The molecule has 0 N–H and O–H groups in total. The van der Waals surface area contributed by atoms with Crippen LogP contribution in [0.25, 0.3) is 0 Å². The molecule has 0 bridgehead atoms. The summed E-state index contributed by atoms with van der Waals surface area (Å²) < 4.78 is 5.79. The van der Waals surface area contributed by atoms with Gasteiger partial charge in [0.25, 0.3) is 0 Å². The number of rotatable bonds is 14. The van der Waals surface area contributed by atoms with Gasteiger partial charge in [-0.2, -0.15) is 0 Å². The highest BCUT2D eigenvalue weighted by Crippen LogP contribution is 2.03.